The molecule has 0 aromatic heterocycles. The highest BCUT2D eigenvalue weighted by Gasteiger charge is 2.43. The molecule has 0 spiro atoms. The van der Waals surface area contributed by atoms with Gasteiger partial charge in [-0.15, -0.1) is 0 Å². The first-order valence-corrected chi connectivity index (χ1v) is 15.3. The summed E-state index contributed by atoms with van der Waals surface area (Å²) in [6, 6.07) is 10.8. The number of carbonyl (C=O) groups excluding carboxylic acids is 2. The molecule has 2 heterocycles. The first kappa shape index (κ1) is 28.4. The summed E-state index contributed by atoms with van der Waals surface area (Å²) in [5, 5.41) is 6.80. The van der Waals surface area contributed by atoms with E-state index < -0.39 is 17.8 Å². The van der Waals surface area contributed by atoms with Crippen LogP contribution in [0.15, 0.2) is 66.4 Å². The predicted molar refractivity (Wildman–Crippen MR) is 163 cm³/mol. The largest absolute Gasteiger partial charge is 0.382 e. The van der Waals surface area contributed by atoms with E-state index in [2.05, 4.69) is 47.9 Å². The van der Waals surface area contributed by atoms with Crippen LogP contribution in [0.2, 0.25) is 0 Å². The highest BCUT2D eigenvalue weighted by molar-refractivity contribution is 5.98. The third kappa shape index (κ3) is 5.80. The number of ether oxygens (including phenoxy) is 1. The van der Waals surface area contributed by atoms with Gasteiger partial charge in [0.15, 0.2) is 0 Å². The Hall–Kier alpha value is -3.71. The number of likely N-dealkylation sites (tertiary alicyclic amines) is 1. The SMILES string of the molecule is CC1=CCc2ccc(NC(=O)[C@H]3CCCN(C(=O)c4c(C)cccc4F)[C@H]3C3C=CC(NC4CCOCC4)=CC3)cc21. The number of anilines is 1. The van der Waals surface area contributed by atoms with Crippen LogP contribution in [-0.4, -0.2) is 48.6 Å². The fraction of sp³-hybridized carbons (Fsp3) is 0.429. The Labute approximate surface area is 247 Å². The van der Waals surface area contributed by atoms with E-state index in [1.165, 1.54) is 22.8 Å². The number of allylic oxidation sites excluding steroid dienone is 4. The summed E-state index contributed by atoms with van der Waals surface area (Å²) in [5.41, 5.74) is 6.20. The molecule has 4 aliphatic rings. The smallest absolute Gasteiger partial charge is 0.257 e. The summed E-state index contributed by atoms with van der Waals surface area (Å²) in [7, 11) is 0. The molecule has 2 aliphatic heterocycles. The number of hydrogen-bond donors (Lipinski definition) is 2. The maximum absolute atomic E-state index is 15.0. The van der Waals surface area contributed by atoms with E-state index >= 15 is 4.39 Å². The molecule has 6 nitrogen and oxygen atoms in total. The van der Waals surface area contributed by atoms with Crippen LogP contribution in [0, 0.1) is 24.6 Å². The number of halogens is 1. The van der Waals surface area contributed by atoms with E-state index in [4.69, 9.17) is 4.74 Å². The number of carbonyl (C=O) groups is 2. The zero-order valence-electron chi connectivity index (χ0n) is 24.5. The summed E-state index contributed by atoms with van der Waals surface area (Å²) < 4.78 is 20.5. The number of amides is 2. The van der Waals surface area contributed by atoms with E-state index in [9.17, 15) is 9.59 Å². The summed E-state index contributed by atoms with van der Waals surface area (Å²) >= 11 is 0. The molecule has 2 aliphatic carbocycles. The first-order chi connectivity index (χ1) is 20.4. The standard InChI is InChI=1S/C35H40FN3O3/c1-22-8-9-24-10-15-28(21-30(22)24)38-34(40)29-6-4-18-39(35(41)32-23(2)5-3-7-31(32)36)33(29)25-11-13-26(14-12-25)37-27-16-19-42-20-17-27/h3,5,7-8,10-11,13-15,21,25,27,29,33,37H,4,6,9,12,16-20H2,1-2H3,(H,38,40)/t25?,29-,33-/m0/s1. The van der Waals surface area contributed by atoms with Gasteiger partial charge < -0.3 is 20.3 Å². The topological polar surface area (TPSA) is 70.7 Å². The lowest BCUT2D eigenvalue weighted by molar-refractivity contribution is -0.123. The van der Waals surface area contributed by atoms with Gasteiger partial charge in [-0.3, -0.25) is 9.59 Å². The lowest BCUT2D eigenvalue weighted by Gasteiger charge is -2.44. The lowest BCUT2D eigenvalue weighted by Crippen LogP contribution is -2.55. The van der Waals surface area contributed by atoms with Crippen LogP contribution in [0.25, 0.3) is 5.57 Å². The van der Waals surface area contributed by atoms with Crippen molar-refractivity contribution in [2.75, 3.05) is 25.1 Å². The average Bonchev–Trinajstić information content (AvgIpc) is 3.37. The third-order valence-electron chi connectivity index (χ3n) is 9.31. The Morgan fingerprint density at radius 2 is 1.88 bits per heavy atom. The minimum absolute atomic E-state index is 0.0671. The first-order valence-electron chi connectivity index (χ1n) is 15.3. The number of nitrogens with one attached hydrogen (secondary N) is 2. The van der Waals surface area contributed by atoms with Crippen LogP contribution in [-0.2, 0) is 16.0 Å². The van der Waals surface area contributed by atoms with Crippen molar-refractivity contribution in [2.24, 2.45) is 11.8 Å². The molecule has 220 valence electrons. The molecule has 3 atom stereocenters. The van der Waals surface area contributed by atoms with Crippen LogP contribution in [0.5, 0.6) is 0 Å². The molecule has 2 saturated heterocycles. The Morgan fingerprint density at radius 3 is 2.64 bits per heavy atom. The molecule has 42 heavy (non-hydrogen) atoms. The summed E-state index contributed by atoms with van der Waals surface area (Å²) in [6.45, 7) is 5.88. The van der Waals surface area contributed by atoms with Crippen molar-refractivity contribution in [3.05, 3.63) is 94.5 Å². The van der Waals surface area contributed by atoms with Crippen LogP contribution >= 0.6 is 0 Å². The molecule has 0 saturated carbocycles. The third-order valence-corrected chi connectivity index (χ3v) is 9.31. The Bertz CT molecular complexity index is 1440. The molecule has 2 N–H and O–H groups in total. The molecule has 0 bridgehead atoms. The van der Waals surface area contributed by atoms with Gasteiger partial charge in [0.2, 0.25) is 5.91 Å². The van der Waals surface area contributed by atoms with Crippen LogP contribution in [0.1, 0.15) is 66.1 Å². The molecule has 2 aromatic rings. The Morgan fingerprint density at radius 1 is 1.05 bits per heavy atom. The molecule has 2 aromatic carbocycles. The van der Waals surface area contributed by atoms with Crippen molar-refractivity contribution in [1.29, 1.82) is 0 Å². The number of fused-ring (bicyclic) bond motifs is 1. The van der Waals surface area contributed by atoms with Crippen molar-refractivity contribution >= 4 is 23.1 Å². The minimum Gasteiger partial charge on any atom is -0.382 e. The second-order valence-corrected chi connectivity index (χ2v) is 12.1. The minimum atomic E-state index is -0.520. The highest BCUT2D eigenvalue weighted by atomic mass is 19.1. The van der Waals surface area contributed by atoms with Crippen molar-refractivity contribution in [2.45, 2.75) is 64.5 Å². The van der Waals surface area contributed by atoms with E-state index in [0.29, 0.717) is 37.4 Å². The maximum Gasteiger partial charge on any atom is 0.257 e. The molecule has 7 heteroatoms. The van der Waals surface area contributed by atoms with Gasteiger partial charge in [-0.25, -0.2) is 4.39 Å². The monoisotopic (exact) mass is 569 g/mol. The molecule has 2 fully saturated rings. The van der Waals surface area contributed by atoms with E-state index in [1.54, 1.807) is 24.0 Å². The number of piperidine rings is 1. The molecular formula is C35H40FN3O3. The van der Waals surface area contributed by atoms with Gasteiger partial charge in [-0.2, -0.15) is 0 Å². The van der Waals surface area contributed by atoms with Crippen molar-refractivity contribution < 1.29 is 18.7 Å². The lowest BCUT2D eigenvalue weighted by atomic mass is 9.77. The molecule has 1 unspecified atom stereocenters. The van der Waals surface area contributed by atoms with Crippen molar-refractivity contribution in [3.8, 4) is 0 Å². The van der Waals surface area contributed by atoms with Crippen LogP contribution < -0.4 is 10.6 Å². The maximum atomic E-state index is 15.0. The fourth-order valence-electron chi connectivity index (χ4n) is 7.00. The van der Waals surface area contributed by atoms with Crippen molar-refractivity contribution in [3.63, 3.8) is 0 Å². The van der Waals surface area contributed by atoms with Gasteiger partial charge in [-0.1, -0.05) is 36.4 Å². The van der Waals surface area contributed by atoms with Gasteiger partial charge in [0, 0.05) is 43.1 Å². The Balaban J connectivity index is 1.26. The number of nitrogens with zero attached hydrogens (tertiary/aromatic N) is 1. The van der Waals surface area contributed by atoms with E-state index in [1.807, 2.05) is 12.1 Å². The number of aryl methyl sites for hydroxylation is 1. The van der Waals surface area contributed by atoms with E-state index in [0.717, 1.165) is 43.9 Å². The van der Waals surface area contributed by atoms with E-state index in [-0.39, 0.29) is 23.3 Å². The highest BCUT2D eigenvalue weighted by Crippen LogP contribution is 2.37. The van der Waals surface area contributed by atoms with Crippen LogP contribution in [0.4, 0.5) is 10.1 Å². The van der Waals surface area contributed by atoms with Gasteiger partial charge >= 0.3 is 0 Å². The summed E-state index contributed by atoms with van der Waals surface area (Å²) in [5.74, 6) is -1.44. The van der Waals surface area contributed by atoms with Gasteiger partial charge in [0.25, 0.3) is 5.91 Å². The quantitative estimate of drug-likeness (QED) is 0.436. The van der Waals surface area contributed by atoms with Gasteiger partial charge in [0.05, 0.1) is 17.5 Å². The summed E-state index contributed by atoms with van der Waals surface area (Å²) in [4.78, 5) is 29.7. The zero-order valence-corrected chi connectivity index (χ0v) is 24.5. The molecular weight excluding hydrogens is 529 g/mol. The summed E-state index contributed by atoms with van der Waals surface area (Å²) in [6.07, 6.45) is 13.5. The Kier molecular flexibility index (Phi) is 8.29. The number of hydrogen-bond acceptors (Lipinski definition) is 4. The van der Waals surface area contributed by atoms with Gasteiger partial charge in [-0.05, 0) is 98.9 Å². The predicted octanol–water partition coefficient (Wildman–Crippen LogP) is 6.18. The number of benzene rings is 2. The number of rotatable bonds is 6. The van der Waals surface area contributed by atoms with Crippen molar-refractivity contribution in [1.82, 2.24) is 10.2 Å². The zero-order chi connectivity index (χ0) is 29.2. The fourth-order valence-corrected chi connectivity index (χ4v) is 7.00. The second kappa shape index (κ2) is 12.3. The molecule has 6 rings (SSSR count). The normalized spacial score (nSPS) is 24.1. The molecule has 2 amide bonds. The molecule has 0 radical (unpaired) electrons. The second-order valence-electron chi connectivity index (χ2n) is 12.1. The van der Waals surface area contributed by atoms with Gasteiger partial charge in [0.1, 0.15) is 5.82 Å². The van der Waals surface area contributed by atoms with Crippen LogP contribution in [0.3, 0.4) is 0 Å². The average molecular weight is 570 g/mol.